The summed E-state index contributed by atoms with van der Waals surface area (Å²) in [6.07, 6.45) is 1.49. The molecule has 0 radical (unpaired) electrons. The zero-order valence-corrected chi connectivity index (χ0v) is 17.0. The molecule has 0 aliphatic carbocycles. The third-order valence-electron chi connectivity index (χ3n) is 3.41. The van der Waals surface area contributed by atoms with E-state index in [2.05, 4.69) is 14.9 Å². The Morgan fingerprint density at radius 1 is 1.25 bits per heavy atom. The highest BCUT2D eigenvalue weighted by atomic mass is 35.5. The number of nitrogens with two attached hydrogens (primary N) is 1. The van der Waals surface area contributed by atoms with Crippen LogP contribution in [0.15, 0.2) is 52.7 Å². The Hall–Kier alpha value is -2.71. The van der Waals surface area contributed by atoms with Gasteiger partial charge in [-0.05, 0) is 17.7 Å². The highest BCUT2D eigenvalue weighted by molar-refractivity contribution is 8.13. The van der Waals surface area contributed by atoms with E-state index < -0.39 is 5.97 Å². The number of hydrogen-bond donors (Lipinski definition) is 1. The van der Waals surface area contributed by atoms with Crippen molar-refractivity contribution in [3.05, 3.63) is 58.6 Å². The van der Waals surface area contributed by atoms with E-state index in [0.717, 1.165) is 5.56 Å². The first-order chi connectivity index (χ1) is 13.5. The van der Waals surface area contributed by atoms with E-state index in [0.29, 0.717) is 22.2 Å². The zero-order chi connectivity index (χ0) is 20.4. The molecule has 148 valence electrons. The Morgan fingerprint density at radius 2 is 2.00 bits per heavy atom. The Kier molecular flexibility index (Phi) is 8.64. The molecule has 0 unspecified atom stereocenters. The number of amidine groups is 1. The molecule has 2 N–H and O–H groups in total. The number of carbonyl (C=O) groups excluding carboxylic acids is 1. The lowest BCUT2D eigenvalue weighted by Gasteiger charge is -2.12. The zero-order valence-electron chi connectivity index (χ0n) is 15.4. The smallest absolute Gasteiger partial charge is 0.343 e. The van der Waals surface area contributed by atoms with Crippen LogP contribution in [0.5, 0.6) is 11.5 Å². The molecule has 0 fully saturated rings. The van der Waals surface area contributed by atoms with Crippen LogP contribution in [0.4, 0.5) is 0 Å². The van der Waals surface area contributed by atoms with Crippen molar-refractivity contribution >= 4 is 40.7 Å². The fourth-order valence-corrected chi connectivity index (χ4v) is 2.94. The Labute approximate surface area is 172 Å². The third-order valence-corrected chi connectivity index (χ3v) is 4.54. The summed E-state index contributed by atoms with van der Waals surface area (Å²) in [5, 5.41) is 8.55. The van der Waals surface area contributed by atoms with Crippen LogP contribution in [0.1, 0.15) is 11.1 Å². The molecule has 0 saturated heterocycles. The maximum Gasteiger partial charge on any atom is 0.343 e. The van der Waals surface area contributed by atoms with E-state index in [9.17, 15) is 4.79 Å². The number of nitrogens with zero attached hydrogens (tertiary/aromatic N) is 2. The number of benzene rings is 2. The molecule has 0 aromatic heterocycles. The summed E-state index contributed by atoms with van der Waals surface area (Å²) in [5.41, 5.74) is 7.64. The van der Waals surface area contributed by atoms with Crippen LogP contribution in [0.3, 0.4) is 0 Å². The molecule has 0 amide bonds. The number of hydrogen-bond acceptors (Lipinski definition) is 7. The van der Waals surface area contributed by atoms with E-state index in [-0.39, 0.29) is 17.4 Å². The minimum Gasteiger partial charge on any atom is -0.493 e. The van der Waals surface area contributed by atoms with Gasteiger partial charge in [0.1, 0.15) is 0 Å². The van der Waals surface area contributed by atoms with Gasteiger partial charge < -0.3 is 19.9 Å². The Bertz CT molecular complexity index is 860. The molecule has 0 spiro atoms. The number of ether oxygens (including phenoxy) is 3. The van der Waals surface area contributed by atoms with Crippen LogP contribution in [0, 0.1) is 0 Å². The van der Waals surface area contributed by atoms with Gasteiger partial charge in [-0.25, -0.2) is 4.79 Å². The van der Waals surface area contributed by atoms with Crippen molar-refractivity contribution in [2.24, 2.45) is 15.9 Å². The van der Waals surface area contributed by atoms with Gasteiger partial charge in [0, 0.05) is 11.3 Å². The van der Waals surface area contributed by atoms with E-state index in [1.807, 2.05) is 30.3 Å². The SMILES string of the molecule is COC(=O)COc1c(Cl)cc(C=NN=C(N)SCc2ccccc2)cc1OC. The van der Waals surface area contributed by atoms with E-state index >= 15 is 0 Å². The molecule has 0 aliphatic rings. The van der Waals surface area contributed by atoms with Crippen LogP contribution in [-0.4, -0.2) is 38.2 Å². The molecule has 0 aliphatic heterocycles. The van der Waals surface area contributed by atoms with Crippen molar-refractivity contribution in [3.8, 4) is 11.5 Å². The number of thioether (sulfide) groups is 1. The van der Waals surface area contributed by atoms with E-state index in [1.165, 1.54) is 32.2 Å². The van der Waals surface area contributed by atoms with Crippen LogP contribution in [0.2, 0.25) is 5.02 Å². The predicted molar refractivity (Wildman–Crippen MR) is 112 cm³/mol. The van der Waals surface area contributed by atoms with Gasteiger partial charge in [-0.3, -0.25) is 0 Å². The molecule has 2 rings (SSSR count). The fraction of sp³-hybridized carbons (Fsp3) is 0.211. The number of esters is 1. The molecule has 0 heterocycles. The fourth-order valence-electron chi connectivity index (χ4n) is 2.06. The van der Waals surface area contributed by atoms with Gasteiger partial charge in [0.25, 0.3) is 0 Å². The molecular weight excluding hydrogens is 402 g/mol. The lowest BCUT2D eigenvalue weighted by atomic mass is 10.2. The monoisotopic (exact) mass is 421 g/mol. The lowest BCUT2D eigenvalue weighted by Crippen LogP contribution is -2.13. The van der Waals surface area contributed by atoms with Gasteiger partial charge in [-0.2, -0.15) is 5.10 Å². The molecule has 28 heavy (non-hydrogen) atoms. The van der Waals surface area contributed by atoms with Gasteiger partial charge in [0.05, 0.1) is 25.5 Å². The second kappa shape index (κ2) is 11.2. The first-order valence-electron chi connectivity index (χ1n) is 8.14. The molecule has 7 nitrogen and oxygen atoms in total. The minimum absolute atomic E-state index is 0.244. The standard InChI is InChI=1S/C19H20ClN3O4S/c1-25-16-9-14(8-15(20)18(16)27-11-17(24)26-2)10-22-23-19(21)28-12-13-6-4-3-5-7-13/h3-10H,11-12H2,1-2H3,(H2,21,23). The Morgan fingerprint density at radius 3 is 2.68 bits per heavy atom. The first-order valence-corrected chi connectivity index (χ1v) is 9.50. The van der Waals surface area contributed by atoms with Crippen molar-refractivity contribution in [1.29, 1.82) is 0 Å². The number of carbonyl (C=O) groups is 1. The predicted octanol–water partition coefficient (Wildman–Crippen LogP) is 3.48. The summed E-state index contributed by atoms with van der Waals surface area (Å²) >= 11 is 7.60. The van der Waals surface area contributed by atoms with Crippen molar-refractivity contribution in [2.75, 3.05) is 20.8 Å². The molecular formula is C19H20ClN3O4S. The summed E-state index contributed by atoms with van der Waals surface area (Å²) in [6.45, 7) is -0.278. The third kappa shape index (κ3) is 6.79. The molecule has 0 bridgehead atoms. The largest absolute Gasteiger partial charge is 0.493 e. The van der Waals surface area contributed by atoms with Crippen molar-refractivity contribution in [1.82, 2.24) is 0 Å². The number of halogens is 1. The van der Waals surface area contributed by atoms with Crippen LogP contribution in [-0.2, 0) is 15.3 Å². The highest BCUT2D eigenvalue weighted by Gasteiger charge is 2.13. The average Bonchev–Trinajstić information content (AvgIpc) is 2.71. The maximum absolute atomic E-state index is 11.2. The Balaban J connectivity index is 2.02. The van der Waals surface area contributed by atoms with Gasteiger partial charge in [-0.1, -0.05) is 53.7 Å². The maximum atomic E-state index is 11.2. The molecule has 2 aromatic carbocycles. The molecule has 9 heteroatoms. The second-order valence-corrected chi connectivity index (χ2v) is 6.76. The summed E-state index contributed by atoms with van der Waals surface area (Å²) in [6, 6.07) is 13.2. The van der Waals surface area contributed by atoms with Crippen molar-refractivity contribution in [2.45, 2.75) is 5.75 Å². The van der Waals surface area contributed by atoms with Crippen molar-refractivity contribution in [3.63, 3.8) is 0 Å². The van der Waals surface area contributed by atoms with Crippen molar-refractivity contribution < 1.29 is 19.0 Å². The number of methoxy groups -OCH3 is 2. The average molecular weight is 422 g/mol. The first kappa shape index (κ1) is 21.6. The quantitative estimate of drug-likeness (QED) is 0.303. The van der Waals surface area contributed by atoms with Crippen LogP contribution < -0.4 is 15.2 Å². The molecule has 0 saturated carbocycles. The summed E-state index contributed by atoms with van der Waals surface area (Å²) in [5.74, 6) is 0.778. The second-order valence-electron chi connectivity index (χ2n) is 5.36. The molecule has 2 aromatic rings. The van der Waals surface area contributed by atoms with E-state index in [1.54, 1.807) is 12.1 Å². The lowest BCUT2D eigenvalue weighted by molar-refractivity contribution is -0.142. The van der Waals surface area contributed by atoms with Gasteiger partial charge in [0.2, 0.25) is 0 Å². The van der Waals surface area contributed by atoms with Gasteiger partial charge in [-0.15, -0.1) is 5.10 Å². The summed E-state index contributed by atoms with van der Waals surface area (Å²) in [7, 11) is 2.74. The highest BCUT2D eigenvalue weighted by Crippen LogP contribution is 2.36. The van der Waals surface area contributed by atoms with E-state index in [4.69, 9.17) is 26.8 Å². The minimum atomic E-state index is -0.526. The molecule has 0 atom stereocenters. The summed E-state index contributed by atoms with van der Waals surface area (Å²) in [4.78, 5) is 11.2. The van der Waals surface area contributed by atoms with Crippen LogP contribution >= 0.6 is 23.4 Å². The van der Waals surface area contributed by atoms with Gasteiger partial charge >= 0.3 is 5.97 Å². The normalized spacial score (nSPS) is 11.5. The van der Waals surface area contributed by atoms with Crippen LogP contribution in [0.25, 0.3) is 0 Å². The topological polar surface area (TPSA) is 95.5 Å². The summed E-state index contributed by atoms with van der Waals surface area (Å²) < 4.78 is 15.2. The number of rotatable bonds is 8. The van der Waals surface area contributed by atoms with Gasteiger partial charge in [0.15, 0.2) is 23.3 Å².